The fraction of sp³-hybridized carbons (Fsp3) is 0.579. The number of rotatable bonds is 4. The maximum Gasteiger partial charge on any atom is 0.316 e. The average molecular weight is 349 g/mol. The van der Waals surface area contributed by atoms with E-state index in [1.165, 1.54) is 7.11 Å². The quantitative estimate of drug-likeness (QED) is 0.470. The fourth-order valence-corrected chi connectivity index (χ4v) is 4.37. The lowest BCUT2D eigenvalue weighted by molar-refractivity contribution is -0.148. The van der Waals surface area contributed by atoms with Gasteiger partial charge in [-0.15, -0.1) is 0 Å². The molecular formula is C19H28O4Si. The minimum Gasteiger partial charge on any atom is -0.468 e. The van der Waals surface area contributed by atoms with Crippen LogP contribution in [-0.2, 0) is 18.8 Å². The molecule has 2 rings (SSSR count). The van der Waals surface area contributed by atoms with Gasteiger partial charge in [0.15, 0.2) is 8.32 Å². The molecule has 0 unspecified atom stereocenters. The van der Waals surface area contributed by atoms with E-state index < -0.39 is 20.2 Å². The molecule has 0 aliphatic heterocycles. The number of methoxy groups -OCH3 is 1. The van der Waals surface area contributed by atoms with E-state index in [1.807, 2.05) is 30.3 Å². The topological polar surface area (TPSA) is 52.6 Å². The van der Waals surface area contributed by atoms with Crippen LogP contribution in [0.15, 0.2) is 30.3 Å². The fourth-order valence-electron chi connectivity index (χ4n) is 3.02. The second-order valence-electron chi connectivity index (χ2n) is 8.02. The zero-order valence-corrected chi connectivity index (χ0v) is 16.5. The van der Waals surface area contributed by atoms with Crippen molar-refractivity contribution < 1.29 is 18.8 Å². The van der Waals surface area contributed by atoms with Crippen LogP contribution in [0, 0.1) is 5.92 Å². The SMILES string of the molecule is COC(=O)[C@@H]1C(=O)C[C@H](O[Si](C)(C)C(C)(C)C)[C@H]1c1ccccc1. The van der Waals surface area contributed by atoms with Crippen molar-refractivity contribution in [1.82, 2.24) is 0 Å². The van der Waals surface area contributed by atoms with Gasteiger partial charge >= 0.3 is 5.97 Å². The summed E-state index contributed by atoms with van der Waals surface area (Å²) < 4.78 is 11.4. The molecule has 0 radical (unpaired) electrons. The monoisotopic (exact) mass is 348 g/mol. The second-order valence-corrected chi connectivity index (χ2v) is 12.8. The van der Waals surface area contributed by atoms with Gasteiger partial charge in [-0.25, -0.2) is 0 Å². The molecule has 0 amide bonds. The van der Waals surface area contributed by atoms with Crippen LogP contribution in [0.25, 0.3) is 0 Å². The number of Topliss-reactive ketones (excluding diaryl/α,β-unsaturated/α-hetero) is 1. The van der Waals surface area contributed by atoms with Gasteiger partial charge < -0.3 is 9.16 Å². The smallest absolute Gasteiger partial charge is 0.316 e. The molecule has 0 spiro atoms. The van der Waals surface area contributed by atoms with Crippen LogP contribution in [0.5, 0.6) is 0 Å². The molecule has 1 aliphatic rings. The molecule has 1 fully saturated rings. The Labute approximate surface area is 145 Å². The molecule has 24 heavy (non-hydrogen) atoms. The molecule has 1 aromatic carbocycles. The van der Waals surface area contributed by atoms with E-state index in [1.54, 1.807) is 0 Å². The summed E-state index contributed by atoms with van der Waals surface area (Å²) in [6.07, 6.45) is -0.00357. The Morgan fingerprint density at radius 1 is 1.17 bits per heavy atom. The van der Waals surface area contributed by atoms with Crippen molar-refractivity contribution in [2.24, 2.45) is 5.92 Å². The van der Waals surface area contributed by atoms with Crippen molar-refractivity contribution in [3.63, 3.8) is 0 Å². The lowest BCUT2D eigenvalue weighted by Crippen LogP contribution is -2.45. The molecule has 1 aromatic rings. The Balaban J connectivity index is 2.40. The summed E-state index contributed by atoms with van der Waals surface area (Å²) in [5.41, 5.74) is 0.961. The molecule has 3 atom stereocenters. The summed E-state index contributed by atoms with van der Waals surface area (Å²) >= 11 is 0. The third-order valence-electron chi connectivity index (χ3n) is 5.40. The first-order valence-electron chi connectivity index (χ1n) is 8.42. The van der Waals surface area contributed by atoms with E-state index in [0.29, 0.717) is 0 Å². The predicted molar refractivity (Wildman–Crippen MR) is 96.4 cm³/mol. The van der Waals surface area contributed by atoms with Gasteiger partial charge in [0.05, 0.1) is 13.2 Å². The first-order chi connectivity index (χ1) is 11.1. The summed E-state index contributed by atoms with van der Waals surface area (Å²) in [6.45, 7) is 10.9. The summed E-state index contributed by atoms with van der Waals surface area (Å²) in [7, 11) is -0.720. The van der Waals surface area contributed by atoms with Gasteiger partial charge in [0.1, 0.15) is 11.7 Å². The van der Waals surface area contributed by atoms with Gasteiger partial charge in [-0.05, 0) is 23.7 Å². The maximum atomic E-state index is 12.5. The van der Waals surface area contributed by atoms with E-state index >= 15 is 0 Å². The van der Waals surface area contributed by atoms with Crippen molar-refractivity contribution in [3.8, 4) is 0 Å². The summed E-state index contributed by atoms with van der Waals surface area (Å²) in [5, 5.41) is 0.0423. The minimum atomic E-state index is -2.05. The summed E-state index contributed by atoms with van der Waals surface area (Å²) in [6, 6.07) is 9.70. The van der Waals surface area contributed by atoms with Gasteiger partial charge in [-0.3, -0.25) is 9.59 Å². The second kappa shape index (κ2) is 6.80. The van der Waals surface area contributed by atoms with E-state index in [2.05, 4.69) is 33.9 Å². The van der Waals surface area contributed by atoms with Crippen LogP contribution in [0.3, 0.4) is 0 Å². The third kappa shape index (κ3) is 3.62. The van der Waals surface area contributed by atoms with Crippen LogP contribution in [-0.4, -0.2) is 33.3 Å². The Kier molecular flexibility index (Phi) is 5.35. The lowest BCUT2D eigenvalue weighted by atomic mass is 9.87. The van der Waals surface area contributed by atoms with Crippen molar-refractivity contribution >= 4 is 20.1 Å². The number of hydrogen-bond donors (Lipinski definition) is 0. The number of ketones is 1. The summed E-state index contributed by atoms with van der Waals surface area (Å²) in [4.78, 5) is 24.8. The van der Waals surface area contributed by atoms with Crippen LogP contribution < -0.4 is 0 Å². The molecule has 0 bridgehead atoms. The predicted octanol–water partition coefficient (Wildman–Crippen LogP) is 3.92. The molecule has 5 heteroatoms. The molecule has 1 saturated carbocycles. The van der Waals surface area contributed by atoms with E-state index in [-0.39, 0.29) is 29.3 Å². The molecule has 1 aliphatic carbocycles. The largest absolute Gasteiger partial charge is 0.468 e. The Morgan fingerprint density at radius 3 is 2.25 bits per heavy atom. The first kappa shape index (κ1) is 18.9. The molecule has 0 heterocycles. The van der Waals surface area contributed by atoms with E-state index in [4.69, 9.17) is 9.16 Å². The normalized spacial score (nSPS) is 24.9. The Bertz CT molecular complexity index is 604. The highest BCUT2D eigenvalue weighted by Crippen LogP contribution is 2.45. The van der Waals surface area contributed by atoms with Gasteiger partial charge in [0, 0.05) is 12.3 Å². The van der Waals surface area contributed by atoms with Crippen molar-refractivity contribution in [2.45, 2.75) is 57.3 Å². The number of carbonyl (C=O) groups is 2. The number of carbonyl (C=O) groups excluding carboxylic acids is 2. The molecular weight excluding hydrogens is 320 g/mol. The highest BCUT2D eigenvalue weighted by Gasteiger charge is 2.51. The van der Waals surface area contributed by atoms with Crippen molar-refractivity contribution in [3.05, 3.63) is 35.9 Å². The summed E-state index contributed by atoms with van der Waals surface area (Å²) in [5.74, 6) is -1.60. The van der Waals surface area contributed by atoms with E-state index in [9.17, 15) is 9.59 Å². The highest BCUT2D eigenvalue weighted by atomic mass is 28.4. The molecule has 4 nitrogen and oxygen atoms in total. The van der Waals surface area contributed by atoms with Crippen LogP contribution in [0.1, 0.15) is 38.7 Å². The van der Waals surface area contributed by atoms with Gasteiger partial charge in [0.2, 0.25) is 0 Å². The van der Waals surface area contributed by atoms with Crippen molar-refractivity contribution in [1.29, 1.82) is 0 Å². The molecule has 0 aromatic heterocycles. The zero-order valence-electron chi connectivity index (χ0n) is 15.5. The highest BCUT2D eigenvalue weighted by molar-refractivity contribution is 6.74. The third-order valence-corrected chi connectivity index (χ3v) is 9.91. The number of hydrogen-bond acceptors (Lipinski definition) is 4. The Hall–Kier alpha value is -1.46. The number of benzene rings is 1. The van der Waals surface area contributed by atoms with Crippen LogP contribution >= 0.6 is 0 Å². The first-order valence-corrected chi connectivity index (χ1v) is 11.3. The maximum absolute atomic E-state index is 12.5. The Morgan fingerprint density at radius 2 is 1.75 bits per heavy atom. The zero-order chi connectivity index (χ0) is 18.1. The molecule has 132 valence electrons. The van der Waals surface area contributed by atoms with E-state index in [0.717, 1.165) is 5.56 Å². The average Bonchev–Trinajstić information content (AvgIpc) is 2.81. The van der Waals surface area contributed by atoms with Crippen molar-refractivity contribution in [2.75, 3.05) is 7.11 Å². The number of esters is 1. The van der Waals surface area contributed by atoms with Gasteiger partial charge in [0.25, 0.3) is 0 Å². The van der Waals surface area contributed by atoms with Gasteiger partial charge in [-0.1, -0.05) is 51.1 Å². The number of ether oxygens (including phenoxy) is 1. The van der Waals surface area contributed by atoms with Gasteiger partial charge in [-0.2, -0.15) is 0 Å². The van der Waals surface area contributed by atoms with Crippen LogP contribution in [0.2, 0.25) is 18.1 Å². The molecule has 0 N–H and O–H groups in total. The standard InChI is InChI=1S/C19H28O4Si/c1-19(2,3)24(5,6)23-15-12-14(20)17(18(21)22-4)16(15)13-10-8-7-9-11-13/h7-11,15-17H,12H2,1-6H3/t15-,16+,17+/m0/s1. The molecule has 0 saturated heterocycles. The van der Waals surface area contributed by atoms with Crippen LogP contribution in [0.4, 0.5) is 0 Å². The minimum absolute atomic E-state index is 0.0423. The lowest BCUT2D eigenvalue weighted by Gasteiger charge is -2.40.